The second kappa shape index (κ2) is 10.4. The zero-order valence-corrected chi connectivity index (χ0v) is 20.1. The molecule has 0 radical (unpaired) electrons. The molecule has 1 aromatic heterocycles. The molecule has 0 bridgehead atoms. The normalized spacial score (nSPS) is 18.1. The average molecular weight is 492 g/mol. The van der Waals surface area contributed by atoms with E-state index in [2.05, 4.69) is 30.8 Å². The maximum Gasteiger partial charge on any atom is 0.228 e. The molecular weight excluding hydrogens is 462 g/mol. The van der Waals surface area contributed by atoms with Crippen LogP contribution in [0.4, 0.5) is 5.69 Å². The smallest absolute Gasteiger partial charge is 0.228 e. The molecule has 3 aromatic rings. The third kappa shape index (κ3) is 5.52. The molecule has 36 heavy (non-hydrogen) atoms. The molecular formula is C25H29N7O4. The van der Waals surface area contributed by atoms with E-state index in [-0.39, 0.29) is 37.0 Å². The van der Waals surface area contributed by atoms with E-state index in [9.17, 15) is 14.7 Å². The van der Waals surface area contributed by atoms with Crippen LogP contribution in [-0.4, -0.2) is 80.1 Å². The maximum atomic E-state index is 13.4. The summed E-state index contributed by atoms with van der Waals surface area (Å²) in [7, 11) is 1.81. The van der Waals surface area contributed by atoms with Crippen LogP contribution < -0.4 is 10.1 Å². The number of aromatic amines is 1. The molecule has 1 unspecified atom stereocenters. The van der Waals surface area contributed by atoms with E-state index >= 15 is 0 Å². The number of aromatic nitrogens is 4. The molecule has 2 aromatic carbocycles. The van der Waals surface area contributed by atoms with Gasteiger partial charge in [0.15, 0.2) is 6.61 Å². The van der Waals surface area contributed by atoms with Gasteiger partial charge < -0.3 is 20.1 Å². The lowest BCUT2D eigenvalue weighted by Gasteiger charge is -2.32. The summed E-state index contributed by atoms with van der Waals surface area (Å²) in [6.07, 6.45) is 0.961. The Bertz CT molecular complexity index is 1230. The molecule has 2 aliphatic heterocycles. The molecule has 1 fully saturated rings. The van der Waals surface area contributed by atoms with E-state index in [4.69, 9.17) is 4.74 Å². The van der Waals surface area contributed by atoms with Gasteiger partial charge in [-0.1, -0.05) is 29.5 Å². The number of aliphatic hydroxyl groups excluding tert-OH is 1. The van der Waals surface area contributed by atoms with E-state index < -0.39 is 0 Å². The first-order chi connectivity index (χ1) is 17.4. The molecule has 2 aliphatic rings. The van der Waals surface area contributed by atoms with Crippen LogP contribution in [0.15, 0.2) is 42.5 Å². The van der Waals surface area contributed by atoms with E-state index in [1.807, 2.05) is 49.5 Å². The number of nitrogens with one attached hydrogen (secondary N) is 2. The lowest BCUT2D eigenvalue weighted by atomic mass is 10.0. The number of carbonyl (C=O) groups is 2. The molecule has 3 N–H and O–H groups in total. The van der Waals surface area contributed by atoms with Crippen LogP contribution in [0.1, 0.15) is 35.0 Å². The second-order valence-electron chi connectivity index (χ2n) is 9.30. The number of benzene rings is 2. The summed E-state index contributed by atoms with van der Waals surface area (Å²) >= 11 is 0. The quantitative estimate of drug-likeness (QED) is 0.405. The second-order valence-corrected chi connectivity index (χ2v) is 9.30. The van der Waals surface area contributed by atoms with Gasteiger partial charge in [-0.05, 0) is 41.3 Å². The van der Waals surface area contributed by atoms with Crippen molar-refractivity contribution in [2.45, 2.75) is 38.0 Å². The number of likely N-dealkylation sites (tertiary alicyclic amines) is 1. The number of β-amino-alcohol motifs (C(OH)–C–C–N with tert-alkyl or cyclic N) is 1. The molecule has 3 heterocycles. The summed E-state index contributed by atoms with van der Waals surface area (Å²) in [6, 6.07) is 13.1. The highest BCUT2D eigenvalue weighted by molar-refractivity contribution is 5.99. The Hall–Kier alpha value is -3.83. The third-order valence-corrected chi connectivity index (χ3v) is 6.69. The van der Waals surface area contributed by atoms with Crippen molar-refractivity contribution in [3.63, 3.8) is 0 Å². The number of rotatable bonds is 9. The molecule has 188 valence electrons. The minimum absolute atomic E-state index is 0.0279. The number of hydrogen-bond acceptors (Lipinski definition) is 8. The van der Waals surface area contributed by atoms with E-state index in [0.717, 1.165) is 35.3 Å². The lowest BCUT2D eigenvalue weighted by molar-refractivity contribution is -0.131. The summed E-state index contributed by atoms with van der Waals surface area (Å²) in [5, 5.41) is 26.6. The highest BCUT2D eigenvalue weighted by atomic mass is 16.5. The fourth-order valence-corrected chi connectivity index (χ4v) is 4.72. The Morgan fingerprint density at radius 2 is 2.19 bits per heavy atom. The van der Waals surface area contributed by atoms with Gasteiger partial charge in [0.25, 0.3) is 0 Å². The van der Waals surface area contributed by atoms with Crippen LogP contribution in [0.5, 0.6) is 5.75 Å². The van der Waals surface area contributed by atoms with Gasteiger partial charge in [-0.3, -0.25) is 14.5 Å². The number of tetrazole rings is 1. The molecule has 0 saturated carbocycles. The number of likely N-dealkylation sites (N-methyl/N-ethyl adjacent to an activating group) is 1. The summed E-state index contributed by atoms with van der Waals surface area (Å²) in [6.45, 7) is 2.12. The van der Waals surface area contributed by atoms with Gasteiger partial charge in [0.2, 0.25) is 17.6 Å². The molecule has 0 aliphatic carbocycles. The Morgan fingerprint density at radius 3 is 2.97 bits per heavy atom. The molecule has 2 amide bonds. The average Bonchev–Trinajstić information content (AvgIpc) is 3.61. The monoisotopic (exact) mass is 491 g/mol. The van der Waals surface area contributed by atoms with Gasteiger partial charge in [0, 0.05) is 32.4 Å². The number of hydrogen-bond donors (Lipinski definition) is 3. The molecule has 11 heteroatoms. The fourth-order valence-electron chi connectivity index (χ4n) is 4.72. The Labute approximate surface area is 208 Å². The Morgan fingerprint density at radius 1 is 1.31 bits per heavy atom. The molecule has 1 saturated heterocycles. The van der Waals surface area contributed by atoms with Gasteiger partial charge in [-0.2, -0.15) is 5.21 Å². The minimum Gasteiger partial charge on any atom is -0.485 e. The summed E-state index contributed by atoms with van der Waals surface area (Å²) < 4.78 is 5.84. The van der Waals surface area contributed by atoms with Gasteiger partial charge in [0.1, 0.15) is 5.75 Å². The molecule has 11 nitrogen and oxygen atoms in total. The molecule has 0 spiro atoms. The highest BCUT2D eigenvalue weighted by Crippen LogP contribution is 2.28. The van der Waals surface area contributed by atoms with Gasteiger partial charge in [-0.25, -0.2) is 0 Å². The van der Waals surface area contributed by atoms with Crippen molar-refractivity contribution in [3.05, 3.63) is 65.0 Å². The van der Waals surface area contributed by atoms with Crippen molar-refractivity contribution in [3.8, 4) is 5.75 Å². The summed E-state index contributed by atoms with van der Waals surface area (Å²) in [4.78, 5) is 29.0. The first-order valence-electron chi connectivity index (χ1n) is 12.0. The molecule has 5 rings (SSSR count). The van der Waals surface area contributed by atoms with E-state index in [0.29, 0.717) is 31.1 Å². The van der Waals surface area contributed by atoms with E-state index in [1.54, 1.807) is 4.90 Å². The zero-order valence-electron chi connectivity index (χ0n) is 20.1. The van der Waals surface area contributed by atoms with Gasteiger partial charge in [-0.15, -0.1) is 10.2 Å². The van der Waals surface area contributed by atoms with Crippen LogP contribution in [0.2, 0.25) is 0 Å². The van der Waals surface area contributed by atoms with Gasteiger partial charge in [0.05, 0.1) is 25.0 Å². The Balaban J connectivity index is 1.33. The largest absolute Gasteiger partial charge is 0.485 e. The standard InChI is InChI=1S/C25H29N7O4/c1-31(25(35)10-16-5-6-17-12-24(34)26-21(17)9-16)22(14-32-8-7-19(33)13-32)18-3-2-4-20(11-18)36-15-23-27-29-30-28-23/h2-6,9,11,19,22,33H,7-8,10,12-15H2,1H3,(H,26,34)(H,27,28,29,30)/t19?,22-/m1/s1. The number of carbonyl (C=O) groups excluding carboxylic acids is 2. The third-order valence-electron chi connectivity index (χ3n) is 6.69. The van der Waals surface area contributed by atoms with Crippen molar-refractivity contribution >= 4 is 17.5 Å². The molecule has 2 atom stereocenters. The highest BCUT2D eigenvalue weighted by Gasteiger charge is 2.29. The number of H-pyrrole nitrogens is 1. The van der Waals surface area contributed by atoms with Crippen LogP contribution in [-0.2, 0) is 29.0 Å². The van der Waals surface area contributed by atoms with Crippen LogP contribution in [0, 0.1) is 0 Å². The van der Waals surface area contributed by atoms with Crippen LogP contribution in [0.3, 0.4) is 0 Å². The topological polar surface area (TPSA) is 137 Å². The SMILES string of the molecule is CN(C(=O)Cc1ccc2c(c1)NC(=O)C2)[C@H](CN1CCC(O)C1)c1cccc(OCc2nn[nH]n2)c1. The van der Waals surface area contributed by atoms with E-state index in [1.165, 1.54) is 0 Å². The van der Waals surface area contributed by atoms with Crippen LogP contribution >= 0.6 is 0 Å². The van der Waals surface area contributed by atoms with Crippen molar-refractivity contribution in [2.24, 2.45) is 0 Å². The number of nitrogens with zero attached hydrogens (tertiary/aromatic N) is 5. The minimum atomic E-state index is -0.349. The number of aliphatic hydroxyl groups is 1. The summed E-state index contributed by atoms with van der Waals surface area (Å²) in [5.74, 6) is 1.02. The van der Waals surface area contributed by atoms with Gasteiger partial charge >= 0.3 is 0 Å². The predicted molar refractivity (Wildman–Crippen MR) is 130 cm³/mol. The number of anilines is 1. The van der Waals surface area contributed by atoms with Crippen LogP contribution in [0.25, 0.3) is 0 Å². The fraction of sp³-hybridized carbons (Fsp3) is 0.400. The Kier molecular flexibility index (Phi) is 6.92. The first-order valence-corrected chi connectivity index (χ1v) is 12.0. The predicted octanol–water partition coefficient (Wildman–Crippen LogP) is 1.08. The maximum absolute atomic E-state index is 13.4. The zero-order chi connectivity index (χ0) is 25.1. The number of ether oxygens (including phenoxy) is 1. The van der Waals surface area contributed by atoms with Crippen molar-refractivity contribution in [1.29, 1.82) is 0 Å². The van der Waals surface area contributed by atoms with Crippen molar-refractivity contribution in [2.75, 3.05) is 32.0 Å². The number of amides is 2. The lowest BCUT2D eigenvalue weighted by Crippen LogP contribution is -2.39. The van der Waals surface area contributed by atoms with Crippen molar-refractivity contribution < 1.29 is 19.4 Å². The van der Waals surface area contributed by atoms with Crippen molar-refractivity contribution in [1.82, 2.24) is 30.4 Å². The summed E-state index contributed by atoms with van der Waals surface area (Å²) in [5.41, 5.74) is 3.51. The number of fused-ring (bicyclic) bond motifs is 1. The first kappa shape index (κ1) is 23.9.